The number of imidazole rings is 1. The largest absolute Gasteiger partial charge is 0.504 e. The minimum atomic E-state index is -0.176. The van der Waals surface area contributed by atoms with Crippen molar-refractivity contribution in [1.82, 2.24) is 19.5 Å². The van der Waals surface area contributed by atoms with E-state index >= 15 is 0 Å². The van der Waals surface area contributed by atoms with E-state index in [0.29, 0.717) is 29.5 Å². The van der Waals surface area contributed by atoms with Gasteiger partial charge in [0.25, 0.3) is 0 Å². The van der Waals surface area contributed by atoms with Gasteiger partial charge in [-0.3, -0.25) is 0 Å². The van der Waals surface area contributed by atoms with Crippen molar-refractivity contribution in [2.24, 2.45) is 5.92 Å². The second-order valence-corrected chi connectivity index (χ2v) is 7.67. The highest BCUT2D eigenvalue weighted by atomic mass is 16.3. The molecule has 0 aliphatic carbocycles. The van der Waals surface area contributed by atoms with Crippen LogP contribution in [0.2, 0.25) is 0 Å². The Hall–Kier alpha value is -3.07. The van der Waals surface area contributed by atoms with Crippen LogP contribution >= 0.6 is 0 Å². The molecule has 9 heteroatoms. The van der Waals surface area contributed by atoms with Gasteiger partial charge in [0.15, 0.2) is 28.5 Å². The van der Waals surface area contributed by atoms with Crippen LogP contribution in [0.5, 0.6) is 11.5 Å². The zero-order valence-electron chi connectivity index (χ0n) is 17.1. The number of hydrogen-bond donors (Lipinski definition) is 5. The Morgan fingerprint density at radius 1 is 1.07 bits per heavy atom. The minimum Gasteiger partial charge on any atom is -0.504 e. The maximum Gasteiger partial charge on any atom is 0.227 e. The molecule has 3 rings (SSSR count). The second kappa shape index (κ2) is 8.52. The first-order valence-electron chi connectivity index (χ1n) is 9.66. The summed E-state index contributed by atoms with van der Waals surface area (Å²) < 4.78 is 1.96. The molecule has 5 N–H and O–H groups in total. The molecule has 156 valence electrons. The molecule has 0 fully saturated rings. The van der Waals surface area contributed by atoms with Crippen LogP contribution in [0, 0.1) is 5.92 Å². The number of nitrogens with zero attached hydrogens (tertiary/aromatic N) is 4. The van der Waals surface area contributed by atoms with Crippen molar-refractivity contribution in [3.8, 4) is 11.5 Å². The van der Waals surface area contributed by atoms with Gasteiger partial charge in [-0.15, -0.1) is 0 Å². The van der Waals surface area contributed by atoms with Crippen molar-refractivity contribution in [3.63, 3.8) is 0 Å². The van der Waals surface area contributed by atoms with Crippen molar-refractivity contribution in [3.05, 3.63) is 30.1 Å². The van der Waals surface area contributed by atoms with Crippen molar-refractivity contribution >= 4 is 22.9 Å². The number of hydrogen-bond acceptors (Lipinski definition) is 8. The molecule has 0 saturated heterocycles. The summed E-state index contributed by atoms with van der Waals surface area (Å²) in [6.45, 7) is 8.47. The van der Waals surface area contributed by atoms with E-state index in [-0.39, 0.29) is 36.1 Å². The number of benzene rings is 1. The molecule has 2 aromatic heterocycles. The standard InChI is InChI=1S/C20H28N6O3/c1-11(2)14(9-27)23-20-24-18(17-19(25-20)26(10-22-17)12(3)4)21-8-13-5-6-15(28)16(29)7-13/h5-7,10-12,14,27-29H,8-9H2,1-4H3,(H2,21,23,24,25)/t14-/m0/s1. The summed E-state index contributed by atoms with van der Waals surface area (Å²) in [5.41, 5.74) is 2.10. The van der Waals surface area contributed by atoms with Gasteiger partial charge in [0.1, 0.15) is 0 Å². The highest BCUT2D eigenvalue weighted by Gasteiger charge is 2.18. The van der Waals surface area contributed by atoms with Gasteiger partial charge in [-0.25, -0.2) is 4.98 Å². The number of phenols is 2. The van der Waals surface area contributed by atoms with E-state index in [1.165, 1.54) is 12.1 Å². The third-order valence-corrected chi connectivity index (χ3v) is 4.79. The normalized spacial score (nSPS) is 12.7. The summed E-state index contributed by atoms with van der Waals surface area (Å²) in [7, 11) is 0. The summed E-state index contributed by atoms with van der Waals surface area (Å²) in [6, 6.07) is 4.64. The van der Waals surface area contributed by atoms with Crippen LogP contribution < -0.4 is 10.6 Å². The summed E-state index contributed by atoms with van der Waals surface area (Å²) in [6.07, 6.45) is 1.73. The maximum atomic E-state index is 9.70. The van der Waals surface area contributed by atoms with Gasteiger partial charge in [0.2, 0.25) is 5.95 Å². The monoisotopic (exact) mass is 400 g/mol. The Bertz CT molecular complexity index is 986. The number of fused-ring (bicyclic) bond motifs is 1. The van der Waals surface area contributed by atoms with Crippen LogP contribution in [0.25, 0.3) is 11.2 Å². The zero-order valence-corrected chi connectivity index (χ0v) is 17.1. The van der Waals surface area contributed by atoms with Crippen molar-refractivity contribution in [2.45, 2.75) is 46.3 Å². The molecule has 1 aromatic carbocycles. The predicted molar refractivity (Wildman–Crippen MR) is 112 cm³/mol. The second-order valence-electron chi connectivity index (χ2n) is 7.67. The number of nitrogens with one attached hydrogen (secondary N) is 2. The Morgan fingerprint density at radius 3 is 2.45 bits per heavy atom. The molecule has 0 aliphatic heterocycles. The Kier molecular flexibility index (Phi) is 6.07. The Morgan fingerprint density at radius 2 is 1.83 bits per heavy atom. The average molecular weight is 400 g/mol. The summed E-state index contributed by atoms with van der Waals surface area (Å²) in [5.74, 6) is 0.815. The molecule has 0 aliphatic rings. The van der Waals surface area contributed by atoms with Crippen molar-refractivity contribution < 1.29 is 15.3 Å². The number of rotatable bonds is 8. The molecule has 9 nitrogen and oxygen atoms in total. The van der Waals surface area contributed by atoms with Gasteiger partial charge in [0.05, 0.1) is 19.0 Å². The number of aliphatic hydroxyl groups is 1. The lowest BCUT2D eigenvalue weighted by Gasteiger charge is -2.20. The quantitative estimate of drug-likeness (QED) is 0.365. The van der Waals surface area contributed by atoms with E-state index in [1.54, 1.807) is 12.4 Å². The molecule has 29 heavy (non-hydrogen) atoms. The molecule has 0 spiro atoms. The van der Waals surface area contributed by atoms with Crippen LogP contribution in [0.1, 0.15) is 39.3 Å². The third kappa shape index (κ3) is 4.51. The summed E-state index contributed by atoms with van der Waals surface area (Å²) in [5, 5.41) is 35.3. The third-order valence-electron chi connectivity index (χ3n) is 4.79. The van der Waals surface area contributed by atoms with E-state index in [9.17, 15) is 15.3 Å². The van der Waals surface area contributed by atoms with Crippen LogP contribution in [0.15, 0.2) is 24.5 Å². The number of phenolic OH excluding ortho intramolecular Hbond substituents is 2. The molecule has 0 bridgehead atoms. The van der Waals surface area contributed by atoms with Gasteiger partial charge in [-0.05, 0) is 37.5 Å². The number of aromatic nitrogens is 4. The Balaban J connectivity index is 1.96. The lowest BCUT2D eigenvalue weighted by molar-refractivity contribution is 0.248. The Labute approximate surface area is 169 Å². The van der Waals surface area contributed by atoms with E-state index in [0.717, 1.165) is 5.56 Å². The van der Waals surface area contributed by atoms with Crippen LogP contribution in [0.3, 0.4) is 0 Å². The molecular weight excluding hydrogens is 372 g/mol. The fraction of sp³-hybridized carbons (Fsp3) is 0.450. The van der Waals surface area contributed by atoms with E-state index < -0.39 is 0 Å². The molecule has 2 heterocycles. The number of aromatic hydroxyl groups is 2. The van der Waals surface area contributed by atoms with Gasteiger partial charge < -0.3 is 30.5 Å². The van der Waals surface area contributed by atoms with E-state index in [2.05, 4.69) is 25.6 Å². The molecule has 0 unspecified atom stereocenters. The molecular formula is C20H28N6O3. The van der Waals surface area contributed by atoms with E-state index in [4.69, 9.17) is 0 Å². The average Bonchev–Trinajstić information content (AvgIpc) is 3.11. The minimum absolute atomic E-state index is 0.0297. The molecule has 1 atom stereocenters. The first-order chi connectivity index (χ1) is 13.8. The highest BCUT2D eigenvalue weighted by Crippen LogP contribution is 2.27. The summed E-state index contributed by atoms with van der Waals surface area (Å²) in [4.78, 5) is 13.7. The van der Waals surface area contributed by atoms with Crippen LogP contribution in [-0.2, 0) is 6.54 Å². The van der Waals surface area contributed by atoms with Gasteiger partial charge in [-0.1, -0.05) is 19.9 Å². The van der Waals surface area contributed by atoms with Crippen LogP contribution in [0.4, 0.5) is 11.8 Å². The van der Waals surface area contributed by atoms with Gasteiger partial charge in [0, 0.05) is 12.6 Å². The molecule has 0 radical (unpaired) electrons. The predicted octanol–water partition coefficient (Wildman–Crippen LogP) is 2.86. The first-order valence-corrected chi connectivity index (χ1v) is 9.66. The molecule has 0 saturated carbocycles. The van der Waals surface area contributed by atoms with Crippen molar-refractivity contribution in [2.75, 3.05) is 17.2 Å². The topological polar surface area (TPSA) is 128 Å². The van der Waals surface area contributed by atoms with Crippen LogP contribution in [-0.4, -0.2) is 47.5 Å². The smallest absolute Gasteiger partial charge is 0.227 e. The maximum absolute atomic E-state index is 9.70. The van der Waals surface area contributed by atoms with Crippen molar-refractivity contribution in [1.29, 1.82) is 0 Å². The highest BCUT2D eigenvalue weighted by molar-refractivity contribution is 5.84. The van der Waals surface area contributed by atoms with Gasteiger partial charge in [-0.2, -0.15) is 9.97 Å². The van der Waals surface area contributed by atoms with E-state index in [1.807, 2.05) is 32.3 Å². The zero-order chi connectivity index (χ0) is 21.1. The molecule has 0 amide bonds. The lowest BCUT2D eigenvalue weighted by Crippen LogP contribution is -2.30. The summed E-state index contributed by atoms with van der Waals surface area (Å²) >= 11 is 0. The SMILES string of the molecule is CC(C)[C@H](CO)Nc1nc(NCc2ccc(O)c(O)c2)c2ncn(C(C)C)c2n1. The fourth-order valence-electron chi connectivity index (χ4n) is 2.94. The fourth-order valence-corrected chi connectivity index (χ4v) is 2.94. The molecule has 3 aromatic rings. The number of aliphatic hydroxyl groups excluding tert-OH is 1. The first kappa shape index (κ1) is 20.7. The lowest BCUT2D eigenvalue weighted by atomic mass is 10.1. The number of anilines is 2. The van der Waals surface area contributed by atoms with Gasteiger partial charge >= 0.3 is 0 Å².